The third-order valence-electron chi connectivity index (χ3n) is 4.16. The van der Waals surface area contributed by atoms with Crippen molar-refractivity contribution in [1.82, 2.24) is 5.32 Å². The van der Waals surface area contributed by atoms with Crippen LogP contribution in [0.15, 0.2) is 54.6 Å². The van der Waals surface area contributed by atoms with Gasteiger partial charge in [-0.1, -0.05) is 63.2 Å². The minimum Gasteiger partial charge on any atom is -0.481 e. The van der Waals surface area contributed by atoms with Gasteiger partial charge in [0.25, 0.3) is 5.91 Å². The molecule has 25 heavy (non-hydrogen) atoms. The Bertz CT molecular complexity index is 667. The smallest absolute Gasteiger partial charge is 0.261 e. The molecule has 0 aromatic heterocycles. The number of nitrogens with one attached hydrogen (secondary N) is 1. The standard InChI is InChI=1S/C22H29NO2/c1-5-21(25-19-13-9-10-17(4)15-19)22(24)23-20(14-16(2)3)18-11-7-6-8-12-18/h6-13,15-16,20-21H,5,14H2,1-4H3,(H,23,24)/t20-,21+/m0/s1. The van der Waals surface area contributed by atoms with Crippen molar-refractivity contribution in [2.24, 2.45) is 5.92 Å². The fraction of sp³-hybridized carbons (Fsp3) is 0.409. The van der Waals surface area contributed by atoms with E-state index in [1.54, 1.807) is 0 Å². The van der Waals surface area contributed by atoms with E-state index >= 15 is 0 Å². The molecular formula is C22H29NO2. The zero-order chi connectivity index (χ0) is 18.2. The first-order chi connectivity index (χ1) is 12.0. The van der Waals surface area contributed by atoms with Crippen LogP contribution in [-0.2, 0) is 4.79 Å². The van der Waals surface area contributed by atoms with Crippen molar-refractivity contribution in [3.8, 4) is 5.75 Å². The number of hydrogen-bond acceptors (Lipinski definition) is 2. The highest BCUT2D eigenvalue weighted by Crippen LogP contribution is 2.22. The maximum atomic E-state index is 12.8. The van der Waals surface area contributed by atoms with E-state index in [9.17, 15) is 4.79 Å². The molecule has 0 spiro atoms. The van der Waals surface area contributed by atoms with Crippen LogP contribution < -0.4 is 10.1 Å². The Morgan fingerprint density at radius 2 is 1.80 bits per heavy atom. The van der Waals surface area contributed by atoms with Crippen molar-refractivity contribution < 1.29 is 9.53 Å². The zero-order valence-electron chi connectivity index (χ0n) is 15.7. The molecule has 0 saturated heterocycles. The minimum absolute atomic E-state index is 0.00357. The number of carbonyl (C=O) groups excluding carboxylic acids is 1. The molecule has 3 heteroatoms. The van der Waals surface area contributed by atoms with Gasteiger partial charge in [0.2, 0.25) is 0 Å². The molecule has 0 saturated carbocycles. The van der Waals surface area contributed by atoms with Crippen LogP contribution in [-0.4, -0.2) is 12.0 Å². The average molecular weight is 339 g/mol. The van der Waals surface area contributed by atoms with E-state index in [-0.39, 0.29) is 11.9 Å². The Hall–Kier alpha value is -2.29. The quantitative estimate of drug-likeness (QED) is 0.730. The van der Waals surface area contributed by atoms with Crippen LogP contribution in [0.1, 0.15) is 50.8 Å². The molecular weight excluding hydrogens is 310 g/mol. The first kappa shape index (κ1) is 19.0. The Kier molecular flexibility index (Phi) is 7.05. The molecule has 134 valence electrons. The first-order valence-corrected chi connectivity index (χ1v) is 9.08. The molecule has 0 radical (unpaired) electrons. The SMILES string of the molecule is CC[C@@H](Oc1cccc(C)c1)C(=O)N[C@@H](CC(C)C)c1ccccc1. The first-order valence-electron chi connectivity index (χ1n) is 9.08. The van der Waals surface area contributed by atoms with Gasteiger partial charge in [0, 0.05) is 0 Å². The third kappa shape index (κ3) is 5.93. The highest BCUT2D eigenvalue weighted by Gasteiger charge is 2.23. The van der Waals surface area contributed by atoms with Crippen LogP contribution in [0.5, 0.6) is 5.75 Å². The minimum atomic E-state index is -0.486. The monoisotopic (exact) mass is 339 g/mol. The van der Waals surface area contributed by atoms with Gasteiger partial charge >= 0.3 is 0 Å². The van der Waals surface area contributed by atoms with Crippen LogP contribution in [0.3, 0.4) is 0 Å². The lowest BCUT2D eigenvalue weighted by atomic mass is 9.96. The summed E-state index contributed by atoms with van der Waals surface area (Å²) in [5.74, 6) is 1.17. The summed E-state index contributed by atoms with van der Waals surface area (Å²) in [4.78, 5) is 12.8. The van der Waals surface area contributed by atoms with Crippen molar-refractivity contribution in [1.29, 1.82) is 0 Å². The predicted octanol–water partition coefficient (Wildman–Crippen LogP) is 5.06. The molecule has 0 aliphatic carbocycles. The fourth-order valence-corrected chi connectivity index (χ4v) is 2.87. The Morgan fingerprint density at radius 3 is 2.40 bits per heavy atom. The molecule has 2 aromatic rings. The van der Waals surface area contributed by atoms with Crippen LogP contribution >= 0.6 is 0 Å². The Morgan fingerprint density at radius 1 is 1.08 bits per heavy atom. The highest BCUT2D eigenvalue weighted by molar-refractivity contribution is 5.81. The summed E-state index contributed by atoms with van der Waals surface area (Å²) in [5.41, 5.74) is 2.25. The normalized spacial score (nSPS) is 13.3. The maximum Gasteiger partial charge on any atom is 0.261 e. The van der Waals surface area contributed by atoms with E-state index in [0.717, 1.165) is 23.3 Å². The number of rotatable bonds is 8. The summed E-state index contributed by atoms with van der Waals surface area (Å²) >= 11 is 0. The van der Waals surface area contributed by atoms with Crippen molar-refractivity contribution in [3.05, 3.63) is 65.7 Å². The van der Waals surface area contributed by atoms with Crippen LogP contribution in [0.2, 0.25) is 0 Å². The topological polar surface area (TPSA) is 38.3 Å². The Labute approximate surface area is 151 Å². The van der Waals surface area contributed by atoms with E-state index in [0.29, 0.717) is 12.3 Å². The number of hydrogen-bond donors (Lipinski definition) is 1. The van der Waals surface area contributed by atoms with Crippen molar-refractivity contribution in [2.45, 2.75) is 52.7 Å². The molecule has 3 nitrogen and oxygen atoms in total. The lowest BCUT2D eigenvalue weighted by molar-refractivity contribution is -0.129. The molecule has 1 amide bonds. The molecule has 0 fully saturated rings. The molecule has 0 bridgehead atoms. The zero-order valence-corrected chi connectivity index (χ0v) is 15.7. The van der Waals surface area contributed by atoms with Gasteiger partial charge in [-0.15, -0.1) is 0 Å². The van der Waals surface area contributed by atoms with Crippen LogP contribution in [0.25, 0.3) is 0 Å². The van der Waals surface area contributed by atoms with Gasteiger partial charge in [-0.2, -0.15) is 0 Å². The van der Waals surface area contributed by atoms with E-state index in [1.165, 1.54) is 0 Å². The van der Waals surface area contributed by atoms with Gasteiger partial charge in [-0.05, 0) is 48.9 Å². The van der Waals surface area contributed by atoms with Crippen molar-refractivity contribution in [2.75, 3.05) is 0 Å². The fourth-order valence-electron chi connectivity index (χ4n) is 2.87. The second-order valence-electron chi connectivity index (χ2n) is 6.93. The molecule has 0 heterocycles. The molecule has 0 aliphatic heterocycles. The van der Waals surface area contributed by atoms with Crippen LogP contribution in [0, 0.1) is 12.8 Å². The molecule has 2 rings (SSSR count). The van der Waals surface area contributed by atoms with E-state index < -0.39 is 6.10 Å². The summed E-state index contributed by atoms with van der Waals surface area (Å²) in [7, 11) is 0. The highest BCUT2D eigenvalue weighted by atomic mass is 16.5. The summed E-state index contributed by atoms with van der Waals surface area (Å²) < 4.78 is 5.94. The predicted molar refractivity (Wildman–Crippen MR) is 103 cm³/mol. The van der Waals surface area contributed by atoms with Gasteiger partial charge in [0.1, 0.15) is 5.75 Å². The summed E-state index contributed by atoms with van der Waals surface area (Å²) in [6, 6.07) is 18.0. The maximum absolute atomic E-state index is 12.8. The molecule has 0 unspecified atom stereocenters. The molecule has 2 atom stereocenters. The summed E-state index contributed by atoms with van der Waals surface area (Å²) in [5, 5.41) is 3.19. The lowest BCUT2D eigenvalue weighted by Gasteiger charge is -2.24. The van der Waals surface area contributed by atoms with E-state index in [4.69, 9.17) is 4.74 Å². The van der Waals surface area contributed by atoms with Crippen molar-refractivity contribution >= 4 is 5.91 Å². The van der Waals surface area contributed by atoms with E-state index in [2.05, 4.69) is 31.3 Å². The number of carbonyl (C=O) groups is 1. The number of ether oxygens (including phenoxy) is 1. The number of amides is 1. The second-order valence-corrected chi connectivity index (χ2v) is 6.93. The third-order valence-corrected chi connectivity index (χ3v) is 4.16. The summed E-state index contributed by atoms with van der Waals surface area (Å²) in [6.45, 7) is 8.33. The molecule has 1 N–H and O–H groups in total. The van der Waals surface area contributed by atoms with Crippen LogP contribution in [0.4, 0.5) is 0 Å². The van der Waals surface area contributed by atoms with Gasteiger partial charge in [0.05, 0.1) is 6.04 Å². The molecule has 2 aromatic carbocycles. The van der Waals surface area contributed by atoms with Gasteiger partial charge in [0.15, 0.2) is 6.10 Å². The average Bonchev–Trinajstić information content (AvgIpc) is 2.59. The molecule has 0 aliphatic rings. The number of benzene rings is 2. The largest absolute Gasteiger partial charge is 0.481 e. The number of aryl methyl sites for hydroxylation is 1. The van der Waals surface area contributed by atoms with Gasteiger partial charge in [-0.3, -0.25) is 4.79 Å². The van der Waals surface area contributed by atoms with Gasteiger partial charge in [-0.25, -0.2) is 0 Å². The van der Waals surface area contributed by atoms with Crippen molar-refractivity contribution in [3.63, 3.8) is 0 Å². The van der Waals surface area contributed by atoms with Gasteiger partial charge < -0.3 is 10.1 Å². The van der Waals surface area contributed by atoms with E-state index in [1.807, 2.05) is 56.3 Å². The second kappa shape index (κ2) is 9.26. The Balaban J connectivity index is 2.09. The summed E-state index contributed by atoms with van der Waals surface area (Å²) in [6.07, 6.45) is 1.04. The lowest BCUT2D eigenvalue weighted by Crippen LogP contribution is -2.40.